The van der Waals surface area contributed by atoms with E-state index in [1.165, 1.54) is 5.56 Å². The van der Waals surface area contributed by atoms with E-state index in [1.807, 2.05) is 6.07 Å². The van der Waals surface area contributed by atoms with E-state index in [0.29, 0.717) is 32.4 Å². The molecule has 0 aromatic heterocycles. The fraction of sp³-hybridized carbons (Fsp3) is 0.650. The van der Waals surface area contributed by atoms with Crippen molar-refractivity contribution >= 4 is 29.9 Å². The average Bonchev–Trinajstić information content (AvgIpc) is 3.15. The summed E-state index contributed by atoms with van der Waals surface area (Å²) in [6.45, 7) is 5.42. The van der Waals surface area contributed by atoms with Crippen LogP contribution in [0.15, 0.2) is 23.2 Å². The van der Waals surface area contributed by atoms with Crippen LogP contribution in [0.25, 0.3) is 0 Å². The molecule has 166 valence electrons. The second-order valence-corrected chi connectivity index (χ2v) is 6.69. The number of methoxy groups -OCH3 is 3. The summed E-state index contributed by atoms with van der Waals surface area (Å²) in [5.41, 5.74) is 1.19. The smallest absolute Gasteiger partial charge is 0.191 e. The molecule has 29 heavy (non-hydrogen) atoms. The average molecular weight is 522 g/mol. The van der Waals surface area contributed by atoms with Gasteiger partial charge in [0.15, 0.2) is 5.96 Å². The van der Waals surface area contributed by atoms with E-state index in [9.17, 15) is 0 Å². The van der Waals surface area contributed by atoms with Crippen LogP contribution in [-0.2, 0) is 16.0 Å². The molecule has 1 saturated heterocycles. The SMILES string of the molecule is CN=C(NCCOCCOC)NC1CCN(Cc2cc(OC)cc(OC)c2)C1.I. The van der Waals surface area contributed by atoms with E-state index >= 15 is 0 Å². The Morgan fingerprint density at radius 1 is 1.10 bits per heavy atom. The van der Waals surface area contributed by atoms with Gasteiger partial charge in [-0.05, 0) is 24.1 Å². The van der Waals surface area contributed by atoms with Gasteiger partial charge in [-0.1, -0.05) is 0 Å². The molecule has 0 amide bonds. The number of hydrogen-bond donors (Lipinski definition) is 2. The van der Waals surface area contributed by atoms with Crippen LogP contribution in [-0.4, -0.2) is 84.7 Å². The number of halogens is 1. The van der Waals surface area contributed by atoms with E-state index in [2.05, 4.69) is 32.7 Å². The molecule has 0 saturated carbocycles. The molecular formula is C20H35IN4O4. The topological polar surface area (TPSA) is 76.6 Å². The van der Waals surface area contributed by atoms with Crippen molar-refractivity contribution in [2.24, 2.45) is 4.99 Å². The summed E-state index contributed by atoms with van der Waals surface area (Å²) in [5.74, 6) is 2.45. The number of benzene rings is 1. The van der Waals surface area contributed by atoms with Gasteiger partial charge < -0.3 is 29.6 Å². The molecule has 2 N–H and O–H groups in total. The van der Waals surface area contributed by atoms with Crippen molar-refractivity contribution in [1.29, 1.82) is 0 Å². The zero-order valence-electron chi connectivity index (χ0n) is 17.9. The number of ether oxygens (including phenoxy) is 4. The maximum atomic E-state index is 5.46. The minimum atomic E-state index is 0. The highest BCUT2D eigenvalue weighted by Crippen LogP contribution is 2.24. The predicted molar refractivity (Wildman–Crippen MR) is 126 cm³/mol. The monoisotopic (exact) mass is 522 g/mol. The van der Waals surface area contributed by atoms with Crippen molar-refractivity contribution in [2.75, 3.05) is 67.8 Å². The van der Waals surface area contributed by atoms with Gasteiger partial charge in [-0.15, -0.1) is 24.0 Å². The van der Waals surface area contributed by atoms with Crippen molar-refractivity contribution in [1.82, 2.24) is 15.5 Å². The van der Waals surface area contributed by atoms with Crippen molar-refractivity contribution in [2.45, 2.75) is 19.0 Å². The van der Waals surface area contributed by atoms with Crippen LogP contribution >= 0.6 is 24.0 Å². The van der Waals surface area contributed by atoms with Gasteiger partial charge >= 0.3 is 0 Å². The largest absolute Gasteiger partial charge is 0.497 e. The second kappa shape index (κ2) is 14.6. The Hall–Kier alpha value is -1.30. The number of nitrogens with zero attached hydrogens (tertiary/aromatic N) is 2. The van der Waals surface area contributed by atoms with Crippen molar-refractivity contribution < 1.29 is 18.9 Å². The third kappa shape index (κ3) is 9.37. The molecule has 9 heteroatoms. The van der Waals surface area contributed by atoms with Crippen LogP contribution in [0.5, 0.6) is 11.5 Å². The minimum Gasteiger partial charge on any atom is -0.497 e. The second-order valence-electron chi connectivity index (χ2n) is 6.69. The van der Waals surface area contributed by atoms with Gasteiger partial charge in [0.25, 0.3) is 0 Å². The van der Waals surface area contributed by atoms with Crippen molar-refractivity contribution in [3.63, 3.8) is 0 Å². The summed E-state index contributed by atoms with van der Waals surface area (Å²) in [7, 11) is 6.81. The van der Waals surface area contributed by atoms with Gasteiger partial charge in [0.05, 0.1) is 34.0 Å². The third-order valence-corrected chi connectivity index (χ3v) is 4.62. The Morgan fingerprint density at radius 3 is 2.45 bits per heavy atom. The maximum absolute atomic E-state index is 5.46. The number of nitrogens with one attached hydrogen (secondary N) is 2. The van der Waals surface area contributed by atoms with Gasteiger partial charge in [0, 0.05) is 52.4 Å². The normalized spacial score (nSPS) is 17.0. The van der Waals surface area contributed by atoms with E-state index in [4.69, 9.17) is 18.9 Å². The number of hydrogen-bond acceptors (Lipinski definition) is 6. The van der Waals surface area contributed by atoms with E-state index in [0.717, 1.165) is 43.5 Å². The fourth-order valence-corrected chi connectivity index (χ4v) is 3.18. The van der Waals surface area contributed by atoms with Gasteiger partial charge in [0.1, 0.15) is 11.5 Å². The summed E-state index contributed by atoms with van der Waals surface area (Å²) in [5, 5.41) is 6.79. The standard InChI is InChI=1S/C20H34N4O4.HI/c1-21-20(22-6-8-28-10-9-25-2)23-17-5-7-24(15-17)14-16-11-18(26-3)13-19(12-16)27-4;/h11-13,17H,5-10,14-15H2,1-4H3,(H2,21,22,23);1H. The summed E-state index contributed by atoms with van der Waals surface area (Å²) >= 11 is 0. The molecule has 1 aliphatic heterocycles. The van der Waals surface area contributed by atoms with Crippen LogP contribution in [0, 0.1) is 0 Å². The van der Waals surface area contributed by atoms with Crippen molar-refractivity contribution in [3.8, 4) is 11.5 Å². The highest BCUT2D eigenvalue weighted by atomic mass is 127. The summed E-state index contributed by atoms with van der Waals surface area (Å²) in [6, 6.07) is 6.39. The van der Waals surface area contributed by atoms with Gasteiger partial charge in [0.2, 0.25) is 0 Å². The van der Waals surface area contributed by atoms with E-state index in [1.54, 1.807) is 28.4 Å². The van der Waals surface area contributed by atoms with Crippen LogP contribution in [0.1, 0.15) is 12.0 Å². The maximum Gasteiger partial charge on any atom is 0.191 e. The van der Waals surface area contributed by atoms with Gasteiger partial charge in [-0.25, -0.2) is 0 Å². The molecular weight excluding hydrogens is 487 g/mol. The summed E-state index contributed by atoms with van der Waals surface area (Å²) < 4.78 is 21.2. The molecule has 1 unspecified atom stereocenters. The zero-order valence-corrected chi connectivity index (χ0v) is 20.2. The Bertz CT molecular complexity index is 596. The Morgan fingerprint density at radius 2 is 1.83 bits per heavy atom. The third-order valence-electron chi connectivity index (χ3n) is 4.62. The van der Waals surface area contributed by atoms with Crippen LogP contribution < -0.4 is 20.1 Å². The lowest BCUT2D eigenvalue weighted by molar-refractivity contribution is 0.0733. The molecule has 8 nitrogen and oxygen atoms in total. The van der Waals surface area contributed by atoms with Crippen LogP contribution in [0.4, 0.5) is 0 Å². The highest BCUT2D eigenvalue weighted by molar-refractivity contribution is 14.0. The molecule has 2 rings (SSSR count). The highest BCUT2D eigenvalue weighted by Gasteiger charge is 2.23. The predicted octanol–water partition coefficient (Wildman–Crippen LogP) is 1.72. The first-order chi connectivity index (χ1) is 13.7. The first kappa shape index (κ1) is 25.7. The van der Waals surface area contributed by atoms with E-state index < -0.39 is 0 Å². The van der Waals surface area contributed by atoms with E-state index in [-0.39, 0.29) is 24.0 Å². The lowest BCUT2D eigenvalue weighted by Gasteiger charge is -2.19. The quantitative estimate of drug-likeness (QED) is 0.199. The van der Waals surface area contributed by atoms with Crippen LogP contribution in [0.2, 0.25) is 0 Å². The first-order valence-electron chi connectivity index (χ1n) is 9.66. The number of rotatable bonds is 11. The Balaban J connectivity index is 0.00000420. The summed E-state index contributed by atoms with van der Waals surface area (Å²) in [4.78, 5) is 6.73. The molecule has 1 aliphatic rings. The molecule has 0 spiro atoms. The van der Waals surface area contributed by atoms with Crippen LogP contribution in [0.3, 0.4) is 0 Å². The zero-order chi connectivity index (χ0) is 20.2. The molecule has 1 fully saturated rings. The number of aliphatic imine (C=N–C) groups is 1. The van der Waals surface area contributed by atoms with Gasteiger partial charge in [-0.2, -0.15) is 0 Å². The lowest BCUT2D eigenvalue weighted by Crippen LogP contribution is -2.45. The molecule has 1 aromatic rings. The summed E-state index contributed by atoms with van der Waals surface area (Å²) in [6.07, 6.45) is 1.08. The molecule has 1 aromatic carbocycles. The fourth-order valence-electron chi connectivity index (χ4n) is 3.18. The number of guanidine groups is 1. The Kier molecular flexibility index (Phi) is 13.0. The minimum absolute atomic E-state index is 0. The molecule has 1 atom stereocenters. The van der Waals surface area contributed by atoms with Gasteiger partial charge in [-0.3, -0.25) is 9.89 Å². The number of likely N-dealkylation sites (tertiary alicyclic amines) is 1. The molecule has 0 radical (unpaired) electrons. The first-order valence-corrected chi connectivity index (χ1v) is 9.66. The molecule has 1 heterocycles. The Labute approximate surface area is 191 Å². The van der Waals surface area contributed by atoms with Crippen molar-refractivity contribution in [3.05, 3.63) is 23.8 Å². The molecule has 0 bridgehead atoms. The lowest BCUT2D eigenvalue weighted by atomic mass is 10.2. The molecule has 0 aliphatic carbocycles.